The van der Waals surface area contributed by atoms with Crippen LogP contribution < -0.4 is 5.73 Å². The van der Waals surface area contributed by atoms with Crippen LogP contribution in [0.4, 0.5) is 0 Å². The van der Waals surface area contributed by atoms with Gasteiger partial charge in [0.25, 0.3) is 0 Å². The van der Waals surface area contributed by atoms with Crippen molar-refractivity contribution in [2.75, 3.05) is 5.75 Å². The largest absolute Gasteiger partial charge is 0.370 e. The number of carbonyl (C=O) groups is 1. The Morgan fingerprint density at radius 3 is 2.08 bits per heavy atom. The first-order chi connectivity index (χ1) is 12.7. The smallest absolute Gasteiger partial charge is 0.217 e. The normalized spacial score (nSPS) is 12.0. The van der Waals surface area contributed by atoms with Crippen molar-refractivity contribution in [3.63, 3.8) is 0 Å². The van der Waals surface area contributed by atoms with Gasteiger partial charge in [-0.05, 0) is 36.1 Å². The minimum absolute atomic E-state index is 0.183. The van der Waals surface area contributed by atoms with Crippen LogP contribution in [0.25, 0.3) is 0 Å². The van der Waals surface area contributed by atoms with Gasteiger partial charge >= 0.3 is 0 Å². The lowest BCUT2D eigenvalue weighted by molar-refractivity contribution is -0.118. The molecule has 0 radical (unpaired) electrons. The number of amides is 1. The molecule has 2 rings (SSSR count). The Kier molecular flexibility index (Phi) is 10.4. The summed E-state index contributed by atoms with van der Waals surface area (Å²) in [6.45, 7) is 0. The summed E-state index contributed by atoms with van der Waals surface area (Å²) in [5.41, 5.74) is 8.03. The third-order valence-electron chi connectivity index (χ3n) is 4.22. The molecule has 140 valence electrons. The second-order valence-corrected chi connectivity index (χ2v) is 8.85. The number of nitrogens with two attached hydrogens (primary N) is 1. The highest BCUT2D eigenvalue weighted by atomic mass is 32.2. The summed E-state index contributed by atoms with van der Waals surface area (Å²) in [7, 11) is 0. The van der Waals surface area contributed by atoms with E-state index in [-0.39, 0.29) is 5.91 Å². The quantitative estimate of drug-likeness (QED) is 0.451. The van der Waals surface area contributed by atoms with Crippen molar-refractivity contribution in [1.29, 1.82) is 0 Å². The second-order valence-electron chi connectivity index (χ2n) is 6.46. The van der Waals surface area contributed by atoms with Gasteiger partial charge in [0.05, 0.1) is 0 Å². The lowest BCUT2D eigenvalue weighted by Crippen LogP contribution is -2.10. The Bertz CT molecular complexity index is 619. The summed E-state index contributed by atoms with van der Waals surface area (Å²) in [5, 5.41) is 0.645. The molecule has 4 heteroatoms. The molecule has 2 nitrogen and oxygen atoms in total. The summed E-state index contributed by atoms with van der Waals surface area (Å²) < 4.78 is 0. The predicted molar refractivity (Wildman–Crippen MR) is 116 cm³/mol. The number of rotatable bonds is 13. The highest BCUT2D eigenvalue weighted by molar-refractivity contribution is 7.99. The van der Waals surface area contributed by atoms with E-state index in [1.807, 2.05) is 11.8 Å². The summed E-state index contributed by atoms with van der Waals surface area (Å²) in [5.74, 6) is 3.14. The molecule has 0 aliphatic rings. The van der Waals surface area contributed by atoms with Gasteiger partial charge in [-0.3, -0.25) is 4.79 Å². The fourth-order valence-electron chi connectivity index (χ4n) is 2.75. The van der Waals surface area contributed by atoms with Crippen LogP contribution in [0.5, 0.6) is 0 Å². The van der Waals surface area contributed by atoms with E-state index in [1.165, 1.54) is 23.3 Å². The Labute approximate surface area is 166 Å². The zero-order valence-electron chi connectivity index (χ0n) is 15.3. The van der Waals surface area contributed by atoms with Gasteiger partial charge in [0.15, 0.2) is 0 Å². The Balaban J connectivity index is 1.72. The van der Waals surface area contributed by atoms with E-state index in [1.54, 1.807) is 0 Å². The molecular formula is C22H29NOS2. The second kappa shape index (κ2) is 12.9. The molecule has 0 fully saturated rings. The molecule has 1 amide bonds. The standard InChI is InChI=1S/C22H29NOS2/c23-22(24)14-8-7-13-21(26-18-20-11-5-2-6-12-20)15-16-25-17-19-9-3-1-4-10-19/h1-6,9-12,21H,7-8,13-18H2,(H2,23,24). The van der Waals surface area contributed by atoms with Crippen molar-refractivity contribution in [3.8, 4) is 0 Å². The molecule has 26 heavy (non-hydrogen) atoms. The van der Waals surface area contributed by atoms with E-state index in [0.29, 0.717) is 11.7 Å². The van der Waals surface area contributed by atoms with Crippen LogP contribution in [-0.2, 0) is 16.3 Å². The van der Waals surface area contributed by atoms with E-state index in [2.05, 4.69) is 72.4 Å². The molecule has 2 aromatic carbocycles. The maximum absolute atomic E-state index is 10.9. The third-order valence-corrected chi connectivity index (χ3v) is 6.73. The van der Waals surface area contributed by atoms with Crippen molar-refractivity contribution < 1.29 is 4.79 Å². The Morgan fingerprint density at radius 2 is 1.46 bits per heavy atom. The van der Waals surface area contributed by atoms with Gasteiger partial charge in [0, 0.05) is 23.2 Å². The summed E-state index contributed by atoms with van der Waals surface area (Å²) in [6.07, 6.45) is 4.88. The molecule has 2 aromatic rings. The zero-order chi connectivity index (χ0) is 18.5. The summed E-state index contributed by atoms with van der Waals surface area (Å²) in [4.78, 5) is 10.9. The highest BCUT2D eigenvalue weighted by Crippen LogP contribution is 2.27. The van der Waals surface area contributed by atoms with Crippen LogP contribution >= 0.6 is 23.5 Å². The number of benzene rings is 2. The van der Waals surface area contributed by atoms with Gasteiger partial charge in [0.2, 0.25) is 5.91 Å². The molecule has 0 spiro atoms. The van der Waals surface area contributed by atoms with Crippen LogP contribution in [0, 0.1) is 0 Å². The minimum atomic E-state index is -0.183. The number of unbranched alkanes of at least 4 members (excludes halogenated alkanes) is 1. The van der Waals surface area contributed by atoms with Gasteiger partial charge in [-0.25, -0.2) is 0 Å². The van der Waals surface area contributed by atoms with Crippen molar-refractivity contribution in [1.82, 2.24) is 0 Å². The molecule has 1 atom stereocenters. The fraction of sp³-hybridized carbons (Fsp3) is 0.409. The fourth-order valence-corrected chi connectivity index (χ4v) is 5.16. The highest BCUT2D eigenvalue weighted by Gasteiger charge is 2.10. The number of hydrogen-bond acceptors (Lipinski definition) is 3. The van der Waals surface area contributed by atoms with E-state index in [9.17, 15) is 4.79 Å². The molecule has 0 saturated carbocycles. The van der Waals surface area contributed by atoms with Crippen molar-refractivity contribution in [2.24, 2.45) is 5.73 Å². The first kappa shape index (κ1) is 20.9. The topological polar surface area (TPSA) is 43.1 Å². The van der Waals surface area contributed by atoms with Gasteiger partial charge < -0.3 is 5.73 Å². The van der Waals surface area contributed by atoms with Gasteiger partial charge in [0.1, 0.15) is 0 Å². The Morgan fingerprint density at radius 1 is 0.846 bits per heavy atom. The van der Waals surface area contributed by atoms with Crippen molar-refractivity contribution in [2.45, 2.75) is 48.9 Å². The van der Waals surface area contributed by atoms with E-state index < -0.39 is 0 Å². The molecule has 1 unspecified atom stereocenters. The van der Waals surface area contributed by atoms with Crippen LogP contribution in [0.15, 0.2) is 60.7 Å². The van der Waals surface area contributed by atoms with Crippen LogP contribution in [0.3, 0.4) is 0 Å². The lowest BCUT2D eigenvalue weighted by atomic mass is 10.1. The maximum atomic E-state index is 10.9. The van der Waals surface area contributed by atoms with Gasteiger partial charge in [-0.1, -0.05) is 67.1 Å². The van der Waals surface area contributed by atoms with E-state index >= 15 is 0 Å². The molecule has 0 aliphatic heterocycles. The molecule has 0 aromatic heterocycles. The lowest BCUT2D eigenvalue weighted by Gasteiger charge is -2.16. The van der Waals surface area contributed by atoms with Crippen LogP contribution in [0.1, 0.15) is 43.2 Å². The van der Waals surface area contributed by atoms with Gasteiger partial charge in [-0.15, -0.1) is 0 Å². The molecule has 0 aliphatic carbocycles. The van der Waals surface area contributed by atoms with Crippen molar-refractivity contribution >= 4 is 29.4 Å². The predicted octanol–water partition coefficient (Wildman–Crippen LogP) is 5.66. The molecule has 0 saturated heterocycles. The summed E-state index contributed by atoms with van der Waals surface area (Å²) >= 11 is 4.06. The van der Waals surface area contributed by atoms with Gasteiger partial charge in [-0.2, -0.15) is 23.5 Å². The number of thioether (sulfide) groups is 2. The maximum Gasteiger partial charge on any atom is 0.217 e. The minimum Gasteiger partial charge on any atom is -0.370 e. The van der Waals surface area contributed by atoms with E-state index in [4.69, 9.17) is 5.73 Å². The monoisotopic (exact) mass is 387 g/mol. The first-order valence-electron chi connectivity index (χ1n) is 9.29. The van der Waals surface area contributed by atoms with E-state index in [0.717, 1.165) is 30.8 Å². The number of hydrogen-bond donors (Lipinski definition) is 1. The average Bonchev–Trinajstić information content (AvgIpc) is 2.67. The Hall–Kier alpha value is -1.39. The van der Waals surface area contributed by atoms with Crippen molar-refractivity contribution in [3.05, 3.63) is 71.8 Å². The average molecular weight is 388 g/mol. The third kappa shape index (κ3) is 9.35. The molecular weight excluding hydrogens is 358 g/mol. The SMILES string of the molecule is NC(=O)CCCCC(CCSCc1ccccc1)SCc1ccccc1. The zero-order valence-corrected chi connectivity index (χ0v) is 16.9. The molecule has 2 N–H and O–H groups in total. The number of carbonyl (C=O) groups excluding carboxylic acids is 1. The van der Waals surface area contributed by atoms with Crippen LogP contribution in [-0.4, -0.2) is 16.9 Å². The molecule has 0 heterocycles. The van der Waals surface area contributed by atoms with Crippen LogP contribution in [0.2, 0.25) is 0 Å². The first-order valence-corrected chi connectivity index (χ1v) is 11.5. The summed E-state index contributed by atoms with van der Waals surface area (Å²) in [6, 6.07) is 21.3. The number of primary amides is 1. The molecule has 0 bridgehead atoms.